The third kappa shape index (κ3) is 5.25. The Bertz CT molecular complexity index is 913. The van der Waals surface area contributed by atoms with Gasteiger partial charge >= 0.3 is 0 Å². The van der Waals surface area contributed by atoms with Gasteiger partial charge in [-0.2, -0.15) is 0 Å². The second kappa shape index (κ2) is 10.6. The van der Waals surface area contributed by atoms with Gasteiger partial charge in [-0.25, -0.2) is 5.48 Å². The molecule has 2 aromatic carbocycles. The molecule has 0 bridgehead atoms. The quantitative estimate of drug-likeness (QED) is 0.466. The fourth-order valence-corrected chi connectivity index (χ4v) is 2.60. The van der Waals surface area contributed by atoms with E-state index in [1.165, 1.54) is 6.20 Å². The van der Waals surface area contributed by atoms with Crippen molar-refractivity contribution >= 4 is 11.8 Å². The smallest absolute Gasteiger partial charge is 0.275 e. The van der Waals surface area contributed by atoms with Gasteiger partial charge in [0.2, 0.25) is 0 Å². The van der Waals surface area contributed by atoms with Gasteiger partial charge in [0.05, 0.1) is 5.56 Å². The number of nitrogens with zero attached hydrogens (tertiary/aromatic N) is 1. The standard InChI is InChI=1S/C20H17N3O3.C2H6/c24-19(16-7-4-10-21-13-16)22-12-14-8-9-17(20(25)23-26)18(11-14)15-5-2-1-3-6-15;1-2/h1-11,13,26H,12H2,(H,22,24)(H,23,25);1-2H3. The normalized spacial score (nSPS) is 9.68. The summed E-state index contributed by atoms with van der Waals surface area (Å²) >= 11 is 0. The van der Waals surface area contributed by atoms with Gasteiger partial charge < -0.3 is 5.32 Å². The summed E-state index contributed by atoms with van der Waals surface area (Å²) in [4.78, 5) is 28.0. The number of carbonyl (C=O) groups is 2. The lowest BCUT2D eigenvalue weighted by atomic mass is 9.96. The molecule has 0 aliphatic rings. The van der Waals surface area contributed by atoms with E-state index in [4.69, 9.17) is 5.21 Å². The van der Waals surface area contributed by atoms with Gasteiger partial charge in [0.15, 0.2) is 0 Å². The highest BCUT2D eigenvalue weighted by molar-refractivity contribution is 6.00. The Morgan fingerprint density at radius 3 is 2.36 bits per heavy atom. The van der Waals surface area contributed by atoms with Gasteiger partial charge in [-0.1, -0.05) is 50.2 Å². The van der Waals surface area contributed by atoms with Gasteiger partial charge in [-0.05, 0) is 41.0 Å². The molecule has 6 heteroatoms. The Labute approximate surface area is 164 Å². The lowest BCUT2D eigenvalue weighted by Crippen LogP contribution is -2.23. The van der Waals surface area contributed by atoms with Crippen LogP contribution in [0.4, 0.5) is 0 Å². The van der Waals surface area contributed by atoms with Crippen molar-refractivity contribution in [2.75, 3.05) is 0 Å². The summed E-state index contributed by atoms with van der Waals surface area (Å²) in [5.41, 5.74) is 4.83. The molecule has 1 heterocycles. The van der Waals surface area contributed by atoms with Gasteiger partial charge in [0, 0.05) is 24.5 Å². The van der Waals surface area contributed by atoms with Crippen LogP contribution in [0.15, 0.2) is 73.1 Å². The molecule has 0 spiro atoms. The van der Waals surface area contributed by atoms with E-state index < -0.39 is 5.91 Å². The molecule has 0 saturated carbocycles. The molecule has 3 N–H and O–H groups in total. The molecule has 0 aliphatic heterocycles. The summed E-state index contributed by atoms with van der Waals surface area (Å²) in [5.74, 6) is -0.814. The first-order chi connectivity index (χ1) is 13.7. The van der Waals surface area contributed by atoms with E-state index in [9.17, 15) is 9.59 Å². The SMILES string of the molecule is CC.O=C(NCc1ccc(C(=O)NO)c(-c2ccccc2)c1)c1cccnc1. The second-order valence-corrected chi connectivity index (χ2v) is 5.61. The maximum Gasteiger partial charge on any atom is 0.275 e. The topological polar surface area (TPSA) is 91.3 Å². The molecule has 0 aliphatic carbocycles. The van der Waals surface area contributed by atoms with Gasteiger partial charge in [-0.15, -0.1) is 0 Å². The van der Waals surface area contributed by atoms with Gasteiger partial charge in [0.1, 0.15) is 0 Å². The number of rotatable bonds is 5. The number of hydrogen-bond acceptors (Lipinski definition) is 4. The molecule has 0 atom stereocenters. The second-order valence-electron chi connectivity index (χ2n) is 5.61. The maximum absolute atomic E-state index is 12.1. The number of pyridine rings is 1. The Kier molecular flexibility index (Phi) is 7.87. The summed E-state index contributed by atoms with van der Waals surface area (Å²) < 4.78 is 0. The zero-order valence-corrected chi connectivity index (χ0v) is 15.8. The fraction of sp³-hybridized carbons (Fsp3) is 0.136. The first-order valence-electron chi connectivity index (χ1n) is 9.00. The highest BCUT2D eigenvalue weighted by Crippen LogP contribution is 2.25. The summed E-state index contributed by atoms with van der Waals surface area (Å²) in [7, 11) is 0. The summed E-state index contributed by atoms with van der Waals surface area (Å²) in [5, 5.41) is 11.8. The van der Waals surface area contributed by atoms with Crippen LogP contribution in [0.25, 0.3) is 11.1 Å². The monoisotopic (exact) mass is 377 g/mol. The molecule has 1 aromatic heterocycles. The Balaban J connectivity index is 0.00000136. The molecule has 0 unspecified atom stereocenters. The van der Waals surface area contributed by atoms with Gasteiger partial charge in [0.25, 0.3) is 11.8 Å². The highest BCUT2D eigenvalue weighted by Gasteiger charge is 2.13. The van der Waals surface area contributed by atoms with E-state index >= 15 is 0 Å². The molecule has 2 amide bonds. The van der Waals surface area contributed by atoms with Crippen molar-refractivity contribution in [1.82, 2.24) is 15.8 Å². The molecule has 3 aromatic rings. The Morgan fingerprint density at radius 2 is 1.71 bits per heavy atom. The van der Waals surface area contributed by atoms with Crippen LogP contribution in [0, 0.1) is 0 Å². The molecular weight excluding hydrogens is 354 g/mol. The molecular formula is C22H23N3O3. The van der Waals surface area contributed by atoms with E-state index in [-0.39, 0.29) is 5.91 Å². The third-order valence-electron chi connectivity index (χ3n) is 3.89. The number of aromatic nitrogens is 1. The van der Waals surface area contributed by atoms with E-state index in [0.29, 0.717) is 23.2 Å². The first-order valence-corrected chi connectivity index (χ1v) is 9.00. The van der Waals surface area contributed by atoms with E-state index in [2.05, 4.69) is 10.3 Å². The number of hydroxylamine groups is 1. The summed E-state index contributed by atoms with van der Waals surface area (Å²) in [6.45, 7) is 4.30. The van der Waals surface area contributed by atoms with E-state index in [0.717, 1.165) is 11.1 Å². The van der Waals surface area contributed by atoms with Crippen molar-refractivity contribution in [3.63, 3.8) is 0 Å². The van der Waals surface area contributed by atoms with Crippen LogP contribution >= 0.6 is 0 Å². The largest absolute Gasteiger partial charge is 0.348 e. The van der Waals surface area contributed by atoms with Crippen LogP contribution in [0.5, 0.6) is 0 Å². The zero-order chi connectivity index (χ0) is 20.4. The van der Waals surface area contributed by atoms with Crippen molar-refractivity contribution in [2.45, 2.75) is 20.4 Å². The molecule has 144 valence electrons. The molecule has 0 saturated heterocycles. The molecule has 6 nitrogen and oxygen atoms in total. The minimum Gasteiger partial charge on any atom is -0.348 e. The molecule has 0 fully saturated rings. The number of benzene rings is 2. The zero-order valence-electron chi connectivity index (χ0n) is 15.8. The van der Waals surface area contributed by atoms with Crippen molar-refractivity contribution < 1.29 is 14.8 Å². The Hall–Kier alpha value is -3.51. The lowest BCUT2D eigenvalue weighted by Gasteiger charge is -2.12. The predicted octanol–water partition coefficient (Wildman–Crippen LogP) is 3.82. The fourth-order valence-electron chi connectivity index (χ4n) is 2.60. The van der Waals surface area contributed by atoms with Gasteiger partial charge in [-0.3, -0.25) is 19.8 Å². The van der Waals surface area contributed by atoms with Crippen molar-refractivity contribution in [3.8, 4) is 11.1 Å². The summed E-state index contributed by atoms with van der Waals surface area (Å²) in [6, 6.07) is 17.9. The minimum atomic E-state index is -0.588. The highest BCUT2D eigenvalue weighted by atomic mass is 16.5. The number of hydrogen-bond donors (Lipinski definition) is 3. The van der Waals surface area contributed by atoms with E-state index in [1.807, 2.05) is 50.2 Å². The average Bonchev–Trinajstić information content (AvgIpc) is 2.79. The number of carbonyl (C=O) groups excluding carboxylic acids is 2. The maximum atomic E-state index is 12.1. The molecule has 28 heavy (non-hydrogen) atoms. The van der Waals surface area contributed by atoms with Crippen LogP contribution in [-0.2, 0) is 6.54 Å². The molecule has 3 rings (SSSR count). The van der Waals surface area contributed by atoms with Crippen LogP contribution < -0.4 is 10.8 Å². The number of nitrogens with one attached hydrogen (secondary N) is 2. The van der Waals surface area contributed by atoms with E-state index in [1.54, 1.807) is 35.9 Å². The Morgan fingerprint density at radius 1 is 0.964 bits per heavy atom. The van der Waals surface area contributed by atoms with Crippen LogP contribution in [0.1, 0.15) is 40.1 Å². The lowest BCUT2D eigenvalue weighted by molar-refractivity contribution is 0.0707. The molecule has 0 radical (unpaired) electrons. The third-order valence-corrected chi connectivity index (χ3v) is 3.89. The van der Waals surface area contributed by atoms with Crippen molar-refractivity contribution in [3.05, 3.63) is 89.7 Å². The van der Waals surface area contributed by atoms with Crippen molar-refractivity contribution in [1.29, 1.82) is 0 Å². The number of amides is 2. The predicted molar refractivity (Wildman–Crippen MR) is 108 cm³/mol. The first kappa shape index (κ1) is 20.8. The van der Waals surface area contributed by atoms with Crippen LogP contribution in [0.3, 0.4) is 0 Å². The van der Waals surface area contributed by atoms with Crippen LogP contribution in [-0.4, -0.2) is 22.0 Å². The van der Waals surface area contributed by atoms with Crippen molar-refractivity contribution in [2.24, 2.45) is 0 Å². The average molecular weight is 377 g/mol. The van der Waals surface area contributed by atoms with Crippen LogP contribution in [0.2, 0.25) is 0 Å². The summed E-state index contributed by atoms with van der Waals surface area (Å²) in [6.07, 6.45) is 3.10. The minimum absolute atomic E-state index is 0.225.